The summed E-state index contributed by atoms with van der Waals surface area (Å²) in [5.74, 6) is 0.289. The monoisotopic (exact) mass is 339 g/mol. The standard InChI is InChI=1S/C10H14BrNO3S2/c11-9-3-5-16-10(9)17(13,14)12-6-8-2-1-4-15-7-8/h3,5,8,12H,1-2,4,6-7H2. The van der Waals surface area contributed by atoms with Crippen LogP contribution in [0.15, 0.2) is 20.1 Å². The number of halogens is 1. The van der Waals surface area contributed by atoms with Gasteiger partial charge in [-0.15, -0.1) is 11.3 Å². The quantitative estimate of drug-likeness (QED) is 0.914. The Hall–Kier alpha value is 0.0500. The second-order valence-corrected chi connectivity index (χ2v) is 7.72. The maximum absolute atomic E-state index is 12.0. The fourth-order valence-corrected chi connectivity index (χ4v) is 5.23. The van der Waals surface area contributed by atoms with E-state index >= 15 is 0 Å². The molecule has 96 valence electrons. The molecular weight excluding hydrogens is 326 g/mol. The molecule has 0 saturated carbocycles. The zero-order chi connectivity index (χ0) is 12.3. The zero-order valence-corrected chi connectivity index (χ0v) is 12.4. The van der Waals surface area contributed by atoms with Crippen molar-refractivity contribution in [2.75, 3.05) is 19.8 Å². The molecule has 1 unspecified atom stereocenters. The Bertz CT molecular complexity index is 466. The van der Waals surface area contributed by atoms with E-state index in [1.165, 1.54) is 11.3 Å². The third-order valence-electron chi connectivity index (χ3n) is 2.65. The number of nitrogens with one attached hydrogen (secondary N) is 1. The number of rotatable bonds is 4. The summed E-state index contributed by atoms with van der Waals surface area (Å²) in [6.45, 7) is 1.89. The Morgan fingerprint density at radius 3 is 3.00 bits per heavy atom. The van der Waals surface area contributed by atoms with Crippen molar-refractivity contribution in [2.24, 2.45) is 5.92 Å². The van der Waals surface area contributed by atoms with Gasteiger partial charge in [-0.1, -0.05) is 0 Å². The van der Waals surface area contributed by atoms with Gasteiger partial charge in [0.2, 0.25) is 0 Å². The van der Waals surface area contributed by atoms with Gasteiger partial charge in [-0.05, 0) is 46.1 Å². The van der Waals surface area contributed by atoms with Crippen molar-refractivity contribution in [1.82, 2.24) is 4.72 Å². The maximum atomic E-state index is 12.0. The van der Waals surface area contributed by atoms with Gasteiger partial charge in [-0.2, -0.15) is 0 Å². The highest BCUT2D eigenvalue weighted by Gasteiger charge is 2.21. The van der Waals surface area contributed by atoms with Crippen LogP contribution in [0.1, 0.15) is 12.8 Å². The molecule has 0 bridgehead atoms. The lowest BCUT2D eigenvalue weighted by molar-refractivity contribution is 0.0568. The Morgan fingerprint density at radius 2 is 2.41 bits per heavy atom. The predicted octanol–water partition coefficient (Wildman–Crippen LogP) is 2.22. The van der Waals surface area contributed by atoms with Crippen LogP contribution in [0.3, 0.4) is 0 Å². The first-order valence-corrected chi connectivity index (χ1v) is 8.55. The summed E-state index contributed by atoms with van der Waals surface area (Å²) in [7, 11) is -3.38. The molecule has 2 heterocycles. The van der Waals surface area contributed by atoms with Gasteiger partial charge in [0.05, 0.1) is 6.61 Å². The summed E-state index contributed by atoms with van der Waals surface area (Å²) < 4.78 is 32.9. The third kappa shape index (κ3) is 3.51. The van der Waals surface area contributed by atoms with E-state index in [9.17, 15) is 8.42 Å². The molecule has 0 aromatic carbocycles. The molecule has 1 aromatic heterocycles. The van der Waals surface area contributed by atoms with Crippen LogP contribution in [-0.4, -0.2) is 28.2 Å². The van der Waals surface area contributed by atoms with E-state index in [1.54, 1.807) is 11.4 Å². The molecule has 0 spiro atoms. The fourth-order valence-electron chi connectivity index (χ4n) is 1.73. The molecule has 1 N–H and O–H groups in total. The maximum Gasteiger partial charge on any atom is 0.251 e. The van der Waals surface area contributed by atoms with E-state index in [4.69, 9.17) is 4.74 Å². The molecule has 1 fully saturated rings. The SMILES string of the molecule is O=S(=O)(NCC1CCCOC1)c1sccc1Br. The van der Waals surface area contributed by atoms with Gasteiger partial charge in [0.15, 0.2) is 0 Å². The zero-order valence-electron chi connectivity index (χ0n) is 9.19. The fraction of sp³-hybridized carbons (Fsp3) is 0.600. The average Bonchev–Trinajstić information content (AvgIpc) is 2.75. The Labute approximate surface area is 114 Å². The topological polar surface area (TPSA) is 55.4 Å². The van der Waals surface area contributed by atoms with Crippen LogP contribution in [0, 0.1) is 5.92 Å². The van der Waals surface area contributed by atoms with Crippen LogP contribution in [0.25, 0.3) is 0 Å². The molecule has 4 nitrogen and oxygen atoms in total. The summed E-state index contributed by atoms with van der Waals surface area (Å²) in [5, 5.41) is 1.75. The summed E-state index contributed by atoms with van der Waals surface area (Å²) >= 11 is 4.45. The van der Waals surface area contributed by atoms with Crippen molar-refractivity contribution < 1.29 is 13.2 Å². The van der Waals surface area contributed by atoms with Crippen molar-refractivity contribution in [3.8, 4) is 0 Å². The minimum atomic E-state index is -3.38. The summed E-state index contributed by atoms with van der Waals surface area (Å²) in [6, 6.07) is 1.74. The molecule has 0 amide bonds. The minimum Gasteiger partial charge on any atom is -0.381 e. The second-order valence-electron chi connectivity index (χ2n) is 3.99. The van der Waals surface area contributed by atoms with Gasteiger partial charge < -0.3 is 4.74 Å². The number of sulfonamides is 1. The molecule has 7 heteroatoms. The second kappa shape index (κ2) is 5.79. The van der Waals surface area contributed by atoms with Crippen LogP contribution in [-0.2, 0) is 14.8 Å². The number of hydrogen-bond donors (Lipinski definition) is 1. The van der Waals surface area contributed by atoms with E-state index in [0.717, 1.165) is 19.4 Å². The highest BCUT2D eigenvalue weighted by atomic mass is 79.9. The van der Waals surface area contributed by atoms with E-state index < -0.39 is 10.0 Å². The molecule has 1 saturated heterocycles. The molecule has 1 aromatic rings. The first-order valence-electron chi connectivity index (χ1n) is 5.40. The van der Waals surface area contributed by atoms with Gasteiger partial charge in [0.25, 0.3) is 10.0 Å². The van der Waals surface area contributed by atoms with Gasteiger partial charge >= 0.3 is 0 Å². The van der Waals surface area contributed by atoms with Gasteiger partial charge in [0.1, 0.15) is 4.21 Å². The van der Waals surface area contributed by atoms with Crippen LogP contribution < -0.4 is 4.72 Å². The number of thiophene rings is 1. The largest absolute Gasteiger partial charge is 0.381 e. The van der Waals surface area contributed by atoms with Gasteiger partial charge in [-0.25, -0.2) is 13.1 Å². The molecule has 17 heavy (non-hydrogen) atoms. The van der Waals surface area contributed by atoms with Crippen molar-refractivity contribution in [2.45, 2.75) is 17.1 Å². The Balaban J connectivity index is 1.96. The first kappa shape index (κ1) is 13.5. The van der Waals surface area contributed by atoms with Crippen molar-refractivity contribution >= 4 is 37.3 Å². The third-order valence-corrected chi connectivity index (χ3v) is 6.74. The highest BCUT2D eigenvalue weighted by molar-refractivity contribution is 9.10. The molecule has 0 aliphatic carbocycles. The lowest BCUT2D eigenvalue weighted by atomic mass is 10.0. The Morgan fingerprint density at radius 1 is 1.59 bits per heavy atom. The van der Waals surface area contributed by atoms with Crippen LogP contribution in [0.5, 0.6) is 0 Å². The van der Waals surface area contributed by atoms with Gasteiger partial charge in [-0.3, -0.25) is 0 Å². The molecular formula is C10H14BrNO3S2. The summed E-state index contributed by atoms with van der Waals surface area (Å²) in [5.41, 5.74) is 0. The Kier molecular flexibility index (Phi) is 4.59. The molecule has 2 rings (SSSR count). The van der Waals surface area contributed by atoms with Crippen molar-refractivity contribution in [3.63, 3.8) is 0 Å². The lowest BCUT2D eigenvalue weighted by Gasteiger charge is -2.21. The molecule has 1 atom stereocenters. The van der Waals surface area contributed by atoms with E-state index in [0.29, 0.717) is 21.8 Å². The number of ether oxygens (including phenoxy) is 1. The van der Waals surface area contributed by atoms with Crippen LogP contribution in [0.4, 0.5) is 0 Å². The molecule has 0 radical (unpaired) electrons. The van der Waals surface area contributed by atoms with Crippen LogP contribution >= 0.6 is 27.3 Å². The summed E-state index contributed by atoms with van der Waals surface area (Å²) in [6.07, 6.45) is 2.03. The van der Waals surface area contributed by atoms with Gasteiger partial charge in [0, 0.05) is 17.6 Å². The molecule has 1 aliphatic heterocycles. The van der Waals surface area contributed by atoms with Crippen LogP contribution in [0.2, 0.25) is 0 Å². The predicted molar refractivity (Wildman–Crippen MR) is 70.8 cm³/mol. The normalized spacial score (nSPS) is 21.6. The smallest absolute Gasteiger partial charge is 0.251 e. The number of hydrogen-bond acceptors (Lipinski definition) is 4. The molecule has 1 aliphatic rings. The lowest BCUT2D eigenvalue weighted by Crippen LogP contribution is -2.33. The minimum absolute atomic E-state index is 0.289. The van der Waals surface area contributed by atoms with E-state index in [-0.39, 0.29) is 5.92 Å². The van der Waals surface area contributed by atoms with E-state index in [2.05, 4.69) is 20.7 Å². The average molecular weight is 340 g/mol. The van der Waals surface area contributed by atoms with Crippen molar-refractivity contribution in [3.05, 3.63) is 15.9 Å². The van der Waals surface area contributed by atoms with E-state index in [1.807, 2.05) is 0 Å². The highest BCUT2D eigenvalue weighted by Crippen LogP contribution is 2.27. The first-order chi connectivity index (χ1) is 8.09. The van der Waals surface area contributed by atoms with Crippen molar-refractivity contribution in [1.29, 1.82) is 0 Å². The summed E-state index contributed by atoms with van der Waals surface area (Å²) in [4.78, 5) is 0.